The number of alkyl halides is 3. The van der Waals surface area contributed by atoms with Gasteiger partial charge >= 0.3 is 24.8 Å². The van der Waals surface area contributed by atoms with E-state index in [1.54, 1.807) is 18.6 Å². The maximum atomic E-state index is 5.74. The number of thiol groups is 1. The van der Waals surface area contributed by atoms with Crippen LogP contribution in [-0.4, -0.2) is 31.9 Å². The summed E-state index contributed by atoms with van der Waals surface area (Å²) in [6, 6.07) is 20.2. The average molecular weight is 627 g/mol. The van der Waals surface area contributed by atoms with Crippen molar-refractivity contribution in [2.24, 2.45) is 4.30 Å². The molecule has 0 saturated heterocycles. The van der Waals surface area contributed by atoms with Gasteiger partial charge in [0.15, 0.2) is 4.30 Å². The molecule has 36 heavy (non-hydrogen) atoms. The van der Waals surface area contributed by atoms with Crippen molar-refractivity contribution in [1.82, 2.24) is 19.9 Å². The Morgan fingerprint density at radius 2 is 1.22 bits per heavy atom. The van der Waals surface area contributed by atoms with Crippen LogP contribution >= 0.6 is 63.5 Å². The maximum absolute atomic E-state index is 5.74. The van der Waals surface area contributed by atoms with E-state index in [9.17, 15) is 0 Å². The molecule has 2 aromatic carbocycles. The number of hydrogen-bond donors (Lipinski definition) is 3. The molecule has 4 aromatic rings. The van der Waals surface area contributed by atoms with Gasteiger partial charge in [-0.2, -0.15) is 0 Å². The molecule has 0 aliphatic rings. The van der Waals surface area contributed by atoms with Crippen LogP contribution in [0.4, 0.5) is 11.6 Å². The molecule has 0 atom stereocenters. The number of benzene rings is 2. The zero-order valence-electron chi connectivity index (χ0n) is 18.9. The number of hydrogen-bond acceptors (Lipinski definition) is 8. The molecular formula is C23H23BBrCl3N7S. The summed E-state index contributed by atoms with van der Waals surface area (Å²) >= 11 is 20.9. The van der Waals surface area contributed by atoms with Crippen molar-refractivity contribution in [1.29, 1.82) is 0 Å². The molecule has 187 valence electrons. The third kappa shape index (κ3) is 14.4. The molecule has 0 spiro atoms. The molecule has 7 nitrogen and oxygen atoms in total. The van der Waals surface area contributed by atoms with Gasteiger partial charge in [0.2, 0.25) is 0 Å². The summed E-state index contributed by atoms with van der Waals surface area (Å²) in [5.74, 6) is 0.999. The van der Waals surface area contributed by atoms with Crippen molar-refractivity contribution in [3.05, 3.63) is 106 Å². The quantitative estimate of drug-likeness (QED) is 0.141. The first-order valence-corrected chi connectivity index (χ1v) is 12.6. The first-order chi connectivity index (χ1) is 17.3. The second kappa shape index (κ2) is 19.0. The molecule has 4 N–H and O–H groups in total. The second-order valence-corrected chi connectivity index (χ2v) is 9.62. The van der Waals surface area contributed by atoms with Crippen LogP contribution in [0.1, 0.15) is 22.5 Å². The monoisotopic (exact) mass is 624 g/mol. The summed E-state index contributed by atoms with van der Waals surface area (Å²) in [7, 11) is 4.34. The topological polar surface area (TPSA) is 116 Å². The van der Waals surface area contributed by atoms with E-state index in [0.717, 1.165) is 17.8 Å². The van der Waals surface area contributed by atoms with E-state index in [4.69, 9.17) is 46.3 Å². The minimum absolute atomic E-state index is 0.488. The van der Waals surface area contributed by atoms with Gasteiger partial charge in [0.25, 0.3) is 0 Å². The van der Waals surface area contributed by atoms with Crippen molar-refractivity contribution in [2.75, 3.05) is 11.5 Å². The molecule has 0 amide bonds. The molecular weight excluding hydrogens is 603 g/mol. The number of anilines is 2. The van der Waals surface area contributed by atoms with E-state index >= 15 is 0 Å². The summed E-state index contributed by atoms with van der Waals surface area (Å²) < 4.78 is 2.66. The van der Waals surface area contributed by atoms with Crippen LogP contribution in [0.25, 0.3) is 0 Å². The standard InChI is InChI=1S/C11H10BrN3.C11H11N3.CHCl3.BHNS/c12-10-7-14-11(13)9(15-10)6-8-4-2-1-3-5-8;12-11-10(13-6-7-14-11)8-9-4-2-1-3-5-9;2-1(3)4;1-2-3/h1-5,7H,6H2,(H2,13,14);1-7H,8H2,(H2,12,14);1H;3H. The Labute approximate surface area is 240 Å². The number of nitrogens with two attached hydrogens (primary N) is 2. The Balaban J connectivity index is 0.000000288. The summed E-state index contributed by atoms with van der Waals surface area (Å²) in [6.07, 6.45) is 6.31. The van der Waals surface area contributed by atoms with Crippen molar-refractivity contribution in [3.8, 4) is 0 Å². The Morgan fingerprint density at radius 1 is 0.806 bits per heavy atom. The fourth-order valence-corrected chi connectivity index (χ4v) is 2.95. The summed E-state index contributed by atoms with van der Waals surface area (Å²) in [5.41, 5.74) is 15.4. The van der Waals surface area contributed by atoms with Gasteiger partial charge in [0, 0.05) is 25.2 Å². The van der Waals surface area contributed by atoms with Crippen molar-refractivity contribution in [3.63, 3.8) is 0 Å². The molecule has 0 aliphatic heterocycles. The van der Waals surface area contributed by atoms with Gasteiger partial charge in [-0.25, -0.2) is 15.0 Å². The summed E-state index contributed by atoms with van der Waals surface area (Å²) in [5, 5.41) is 0. The average Bonchev–Trinajstić information content (AvgIpc) is 2.85. The van der Waals surface area contributed by atoms with E-state index < -0.39 is 4.30 Å². The van der Waals surface area contributed by atoms with Gasteiger partial charge in [-0.05, 0) is 27.1 Å². The minimum atomic E-state index is -0.750. The summed E-state index contributed by atoms with van der Waals surface area (Å²) in [4.78, 5) is 16.5. The first kappa shape index (κ1) is 31.8. The van der Waals surface area contributed by atoms with E-state index in [2.05, 4.69) is 60.6 Å². The Kier molecular flexibility index (Phi) is 16.7. The van der Waals surface area contributed by atoms with Crippen molar-refractivity contribution >= 4 is 82.8 Å². The van der Waals surface area contributed by atoms with Crippen molar-refractivity contribution in [2.45, 2.75) is 17.1 Å². The second-order valence-electron chi connectivity index (χ2n) is 6.60. The Morgan fingerprint density at radius 3 is 1.69 bits per heavy atom. The van der Waals surface area contributed by atoms with Crippen LogP contribution < -0.4 is 11.5 Å². The predicted octanol–water partition coefficient (Wildman–Crippen LogP) is 6.23. The molecule has 13 heteroatoms. The van der Waals surface area contributed by atoms with Gasteiger partial charge in [0.05, 0.1) is 17.6 Å². The van der Waals surface area contributed by atoms with E-state index in [1.807, 2.05) is 60.7 Å². The molecule has 0 aliphatic carbocycles. The molecule has 1 radical (unpaired) electrons. The molecule has 0 bridgehead atoms. The first-order valence-electron chi connectivity index (χ1n) is 10.1. The fraction of sp³-hybridized carbons (Fsp3) is 0.130. The van der Waals surface area contributed by atoms with Crippen LogP contribution in [0.15, 0.2) is 88.2 Å². The zero-order chi connectivity index (χ0) is 26.8. The van der Waals surface area contributed by atoms with E-state index in [0.29, 0.717) is 22.7 Å². The number of nitrogens with zero attached hydrogens (tertiary/aromatic N) is 5. The van der Waals surface area contributed by atoms with Crippen LogP contribution in [0.3, 0.4) is 0 Å². The van der Waals surface area contributed by atoms with Crippen molar-refractivity contribution < 1.29 is 0 Å². The van der Waals surface area contributed by atoms with Gasteiger partial charge in [-0.1, -0.05) is 95.5 Å². The third-order valence-corrected chi connectivity index (χ3v) is 4.46. The molecule has 0 saturated carbocycles. The van der Waals surface area contributed by atoms with Crippen LogP contribution in [0.2, 0.25) is 0 Å². The Bertz CT molecular complexity index is 1160. The van der Waals surface area contributed by atoms with Gasteiger partial charge in [-0.3, -0.25) is 4.98 Å². The van der Waals surface area contributed by atoms with Crippen LogP contribution in [0.5, 0.6) is 0 Å². The normalized spacial score (nSPS) is 9.47. The Hall–Kier alpha value is -2.24. The van der Waals surface area contributed by atoms with Gasteiger partial charge in [-0.15, -0.1) is 0 Å². The van der Waals surface area contributed by atoms with Crippen LogP contribution in [0, 0.1) is 0 Å². The molecule has 0 unspecified atom stereocenters. The number of nitrogen functional groups attached to an aromatic ring is 2. The number of rotatable bonds is 4. The molecule has 4 rings (SSSR count). The SMILES string of the molecule is ClC(Cl)Cl.Nc1ncc(Br)nc1Cc1ccccc1.Nc1nccnc1Cc1ccccc1.[B]=NS. The predicted molar refractivity (Wildman–Crippen MR) is 158 cm³/mol. The fourth-order valence-electron chi connectivity index (χ4n) is 2.63. The zero-order valence-corrected chi connectivity index (χ0v) is 23.7. The summed E-state index contributed by atoms with van der Waals surface area (Å²) in [6.45, 7) is 0. The van der Waals surface area contributed by atoms with E-state index in [-0.39, 0.29) is 0 Å². The molecule has 2 heterocycles. The van der Waals surface area contributed by atoms with Gasteiger partial charge < -0.3 is 11.5 Å². The molecule has 2 aromatic heterocycles. The third-order valence-electron chi connectivity index (χ3n) is 4.08. The number of aromatic nitrogens is 4. The van der Waals surface area contributed by atoms with Gasteiger partial charge in [0.1, 0.15) is 16.2 Å². The molecule has 0 fully saturated rings. The van der Waals surface area contributed by atoms with Crippen LogP contribution in [-0.2, 0) is 12.8 Å². The number of halogens is 4. The van der Waals surface area contributed by atoms with E-state index in [1.165, 1.54) is 11.1 Å².